The maximum Gasteiger partial charge on any atom is 0.252 e. The molecule has 1 aromatic carbocycles. The molecule has 0 radical (unpaired) electrons. The van der Waals surface area contributed by atoms with E-state index in [0.29, 0.717) is 0 Å². The number of hydrogen-bond acceptors (Lipinski definition) is 2. The highest BCUT2D eigenvalue weighted by molar-refractivity contribution is 14.1. The highest BCUT2D eigenvalue weighted by Gasteiger charge is 2.33. The third-order valence-corrected chi connectivity index (χ3v) is 4.50. The fourth-order valence-corrected chi connectivity index (χ4v) is 2.95. The molecule has 0 aliphatic carbocycles. The van der Waals surface area contributed by atoms with Crippen molar-refractivity contribution in [2.75, 3.05) is 13.1 Å². The number of halogens is 1. The molecule has 98 valence electrons. The van der Waals surface area contributed by atoms with Crippen LogP contribution in [0.1, 0.15) is 30.6 Å². The van der Waals surface area contributed by atoms with Crippen LogP contribution in [0.15, 0.2) is 24.3 Å². The zero-order valence-electron chi connectivity index (χ0n) is 10.8. The third-order valence-electron chi connectivity index (χ3n) is 3.56. The lowest BCUT2D eigenvalue weighted by Crippen LogP contribution is -2.54. The van der Waals surface area contributed by atoms with Crippen LogP contribution in [0.3, 0.4) is 0 Å². The molecule has 4 heteroatoms. The van der Waals surface area contributed by atoms with Crippen LogP contribution in [0.5, 0.6) is 0 Å². The Kier molecular flexibility index (Phi) is 4.27. The highest BCUT2D eigenvalue weighted by atomic mass is 127. The first kappa shape index (κ1) is 13.8. The first-order valence-corrected chi connectivity index (χ1v) is 7.35. The molecule has 1 aliphatic heterocycles. The van der Waals surface area contributed by atoms with Gasteiger partial charge in [0.1, 0.15) is 0 Å². The molecule has 2 N–H and O–H groups in total. The first-order valence-electron chi connectivity index (χ1n) is 6.27. The molecule has 2 rings (SSSR count). The first-order chi connectivity index (χ1) is 8.50. The van der Waals surface area contributed by atoms with Crippen LogP contribution >= 0.6 is 22.6 Å². The summed E-state index contributed by atoms with van der Waals surface area (Å²) in [5.74, 6) is 0.0416. The summed E-state index contributed by atoms with van der Waals surface area (Å²) in [5.41, 5.74) is 0.876. The minimum absolute atomic E-state index is 0.0416. The number of hydrogen-bond donors (Lipinski definition) is 2. The van der Waals surface area contributed by atoms with Crippen LogP contribution in [0.4, 0.5) is 0 Å². The van der Waals surface area contributed by atoms with E-state index >= 15 is 0 Å². The molecular formula is C14H19IN2O. The molecule has 0 aromatic heterocycles. The maximum absolute atomic E-state index is 12.3. The van der Waals surface area contributed by atoms with Crippen molar-refractivity contribution in [1.29, 1.82) is 0 Å². The second kappa shape index (κ2) is 5.57. The minimum atomic E-state index is 0.0416. The van der Waals surface area contributed by atoms with Gasteiger partial charge < -0.3 is 10.6 Å². The van der Waals surface area contributed by atoms with Gasteiger partial charge in [-0.3, -0.25) is 4.79 Å². The van der Waals surface area contributed by atoms with Gasteiger partial charge in [-0.05, 0) is 53.1 Å². The molecule has 1 aliphatic rings. The lowest BCUT2D eigenvalue weighted by molar-refractivity contribution is 0.0868. The van der Waals surface area contributed by atoms with E-state index in [9.17, 15) is 4.79 Å². The fraction of sp³-hybridized carbons (Fsp3) is 0.500. The fourth-order valence-electron chi connectivity index (χ4n) is 2.32. The number of piperidine rings is 1. The lowest BCUT2D eigenvalue weighted by atomic mass is 9.80. The second-order valence-electron chi connectivity index (χ2n) is 5.46. The molecule has 1 atom stereocenters. The molecule has 0 saturated carbocycles. The molecular weight excluding hydrogens is 339 g/mol. The lowest BCUT2D eigenvalue weighted by Gasteiger charge is -2.39. The summed E-state index contributed by atoms with van der Waals surface area (Å²) in [7, 11) is 0. The van der Waals surface area contributed by atoms with Crippen molar-refractivity contribution >= 4 is 28.5 Å². The zero-order chi connectivity index (χ0) is 13.2. The Morgan fingerprint density at radius 2 is 2.17 bits per heavy atom. The van der Waals surface area contributed by atoms with Crippen molar-refractivity contribution < 1.29 is 4.79 Å². The third kappa shape index (κ3) is 3.03. The molecule has 1 amide bonds. The monoisotopic (exact) mass is 358 g/mol. The average molecular weight is 358 g/mol. The van der Waals surface area contributed by atoms with Crippen molar-refractivity contribution in [3.8, 4) is 0 Å². The molecule has 1 unspecified atom stereocenters. The van der Waals surface area contributed by atoms with Gasteiger partial charge in [-0.15, -0.1) is 0 Å². The standard InChI is InChI=1S/C14H19IN2O/c1-14(2)9-16-8-7-12(14)17-13(18)10-5-3-4-6-11(10)15/h3-6,12,16H,7-9H2,1-2H3,(H,17,18). The predicted octanol–water partition coefficient (Wildman–Crippen LogP) is 2.41. The molecule has 0 spiro atoms. The van der Waals surface area contributed by atoms with Crippen LogP contribution in [-0.4, -0.2) is 25.0 Å². The average Bonchev–Trinajstić information content (AvgIpc) is 2.32. The summed E-state index contributed by atoms with van der Waals surface area (Å²) in [6.45, 7) is 6.31. The van der Waals surface area contributed by atoms with Crippen molar-refractivity contribution in [2.45, 2.75) is 26.3 Å². The normalized spacial score (nSPS) is 22.5. The molecule has 1 fully saturated rings. The molecule has 1 aromatic rings. The van der Waals surface area contributed by atoms with Crippen molar-refractivity contribution in [1.82, 2.24) is 10.6 Å². The van der Waals surface area contributed by atoms with Gasteiger partial charge in [0.2, 0.25) is 0 Å². The van der Waals surface area contributed by atoms with Gasteiger partial charge in [-0.25, -0.2) is 0 Å². The molecule has 0 bridgehead atoms. The summed E-state index contributed by atoms with van der Waals surface area (Å²) in [4.78, 5) is 12.3. The van der Waals surface area contributed by atoms with Crippen LogP contribution in [0.2, 0.25) is 0 Å². The smallest absolute Gasteiger partial charge is 0.252 e. The Balaban J connectivity index is 2.10. The van der Waals surface area contributed by atoms with Gasteiger partial charge >= 0.3 is 0 Å². The predicted molar refractivity (Wildman–Crippen MR) is 81.7 cm³/mol. The van der Waals surface area contributed by atoms with Gasteiger partial charge in [-0.2, -0.15) is 0 Å². The summed E-state index contributed by atoms with van der Waals surface area (Å²) in [5, 5.41) is 6.56. The van der Waals surface area contributed by atoms with Gasteiger partial charge in [0.05, 0.1) is 5.56 Å². The number of carbonyl (C=O) groups excluding carboxylic acids is 1. The van der Waals surface area contributed by atoms with E-state index in [4.69, 9.17) is 0 Å². The van der Waals surface area contributed by atoms with Crippen molar-refractivity contribution in [3.05, 3.63) is 33.4 Å². The van der Waals surface area contributed by atoms with E-state index in [-0.39, 0.29) is 17.4 Å². The summed E-state index contributed by atoms with van der Waals surface area (Å²) in [6, 6.07) is 7.94. The highest BCUT2D eigenvalue weighted by Crippen LogP contribution is 2.25. The van der Waals surface area contributed by atoms with E-state index in [1.807, 2.05) is 24.3 Å². The molecule has 18 heavy (non-hydrogen) atoms. The Morgan fingerprint density at radius 3 is 2.83 bits per heavy atom. The summed E-state index contributed by atoms with van der Waals surface area (Å²) < 4.78 is 0.999. The maximum atomic E-state index is 12.3. The van der Waals surface area contributed by atoms with E-state index in [2.05, 4.69) is 47.1 Å². The van der Waals surface area contributed by atoms with E-state index < -0.39 is 0 Å². The van der Waals surface area contributed by atoms with Gasteiger partial charge in [0, 0.05) is 16.2 Å². The van der Waals surface area contributed by atoms with Crippen molar-refractivity contribution in [2.24, 2.45) is 5.41 Å². The van der Waals surface area contributed by atoms with E-state index in [1.165, 1.54) is 0 Å². The largest absolute Gasteiger partial charge is 0.349 e. The van der Waals surface area contributed by atoms with Gasteiger partial charge in [-0.1, -0.05) is 26.0 Å². The Bertz CT molecular complexity index is 445. The van der Waals surface area contributed by atoms with Crippen LogP contribution in [0, 0.1) is 8.99 Å². The summed E-state index contributed by atoms with van der Waals surface area (Å²) >= 11 is 2.21. The van der Waals surface area contributed by atoms with Crippen LogP contribution < -0.4 is 10.6 Å². The summed E-state index contributed by atoms with van der Waals surface area (Å²) in [6.07, 6.45) is 0.988. The van der Waals surface area contributed by atoms with E-state index in [0.717, 1.165) is 28.6 Å². The number of nitrogens with one attached hydrogen (secondary N) is 2. The van der Waals surface area contributed by atoms with Crippen LogP contribution in [0.25, 0.3) is 0 Å². The quantitative estimate of drug-likeness (QED) is 0.798. The molecule has 3 nitrogen and oxygen atoms in total. The number of amides is 1. The van der Waals surface area contributed by atoms with E-state index in [1.54, 1.807) is 0 Å². The topological polar surface area (TPSA) is 41.1 Å². The zero-order valence-corrected chi connectivity index (χ0v) is 13.0. The molecule has 1 saturated heterocycles. The SMILES string of the molecule is CC1(C)CNCCC1NC(=O)c1ccccc1I. The number of carbonyl (C=O) groups is 1. The van der Waals surface area contributed by atoms with Crippen LogP contribution in [-0.2, 0) is 0 Å². The second-order valence-corrected chi connectivity index (χ2v) is 6.62. The Morgan fingerprint density at radius 1 is 1.44 bits per heavy atom. The van der Waals surface area contributed by atoms with Crippen molar-refractivity contribution in [3.63, 3.8) is 0 Å². The Hall–Kier alpha value is -0.620. The van der Waals surface area contributed by atoms with Gasteiger partial charge in [0.15, 0.2) is 0 Å². The molecule has 1 heterocycles. The number of benzene rings is 1. The Labute approximate surface area is 122 Å². The van der Waals surface area contributed by atoms with Gasteiger partial charge in [0.25, 0.3) is 5.91 Å². The minimum Gasteiger partial charge on any atom is -0.349 e. The number of rotatable bonds is 2.